The number of nitro groups is 1. The third-order valence-corrected chi connectivity index (χ3v) is 2.87. The average molecular weight is 287 g/mol. The summed E-state index contributed by atoms with van der Waals surface area (Å²) >= 11 is 5.67. The first-order valence-corrected chi connectivity index (χ1v) is 6.16. The second-order valence-electron chi connectivity index (χ2n) is 4.25. The number of benzene rings is 1. The van der Waals surface area contributed by atoms with Crippen LogP contribution in [0.1, 0.15) is 23.7 Å². The van der Waals surface area contributed by atoms with Crippen molar-refractivity contribution in [2.24, 2.45) is 5.92 Å². The van der Waals surface area contributed by atoms with E-state index in [4.69, 9.17) is 16.7 Å². The number of nitro benzene ring substituents is 1. The molecule has 1 aromatic rings. The zero-order valence-corrected chi connectivity index (χ0v) is 11.2. The minimum Gasteiger partial charge on any atom is -0.396 e. The Balaban J connectivity index is 2.79. The van der Waals surface area contributed by atoms with E-state index in [1.54, 1.807) is 0 Å². The van der Waals surface area contributed by atoms with Gasteiger partial charge in [0.15, 0.2) is 0 Å². The molecule has 0 aliphatic rings. The summed E-state index contributed by atoms with van der Waals surface area (Å²) in [5, 5.41) is 22.4. The van der Waals surface area contributed by atoms with Gasteiger partial charge in [-0.25, -0.2) is 0 Å². The molecule has 1 unspecified atom stereocenters. The number of carbonyl (C=O) groups excluding carboxylic acids is 1. The van der Waals surface area contributed by atoms with Crippen LogP contribution in [0.25, 0.3) is 0 Å². The quantitative estimate of drug-likeness (QED) is 0.618. The average Bonchev–Trinajstić information content (AvgIpc) is 2.36. The Hall–Kier alpha value is -1.66. The van der Waals surface area contributed by atoms with E-state index < -0.39 is 10.8 Å². The number of aliphatic hydroxyl groups is 1. The van der Waals surface area contributed by atoms with Crippen molar-refractivity contribution in [2.45, 2.75) is 13.3 Å². The van der Waals surface area contributed by atoms with Gasteiger partial charge in [0.2, 0.25) is 0 Å². The molecule has 0 radical (unpaired) electrons. The zero-order valence-electron chi connectivity index (χ0n) is 10.4. The van der Waals surface area contributed by atoms with Gasteiger partial charge < -0.3 is 10.4 Å². The maximum Gasteiger partial charge on any atom is 0.283 e. The fourth-order valence-electron chi connectivity index (χ4n) is 1.53. The maximum atomic E-state index is 11.9. The lowest BCUT2D eigenvalue weighted by Gasteiger charge is -2.11. The summed E-state index contributed by atoms with van der Waals surface area (Å²) in [5.41, 5.74) is -0.342. The van der Waals surface area contributed by atoms with Crippen LogP contribution in [0.3, 0.4) is 0 Å². The van der Waals surface area contributed by atoms with Crippen LogP contribution in [0.2, 0.25) is 5.02 Å². The number of nitrogens with zero attached hydrogens (tertiary/aromatic N) is 1. The number of hydrogen-bond donors (Lipinski definition) is 2. The van der Waals surface area contributed by atoms with E-state index in [1.165, 1.54) is 12.1 Å². The van der Waals surface area contributed by atoms with Crippen molar-refractivity contribution in [3.05, 3.63) is 38.9 Å². The second kappa shape index (κ2) is 7.06. The summed E-state index contributed by atoms with van der Waals surface area (Å²) in [4.78, 5) is 22.1. The van der Waals surface area contributed by atoms with Gasteiger partial charge in [-0.15, -0.1) is 0 Å². The molecule has 6 nitrogen and oxygen atoms in total. The fraction of sp³-hybridized carbons (Fsp3) is 0.417. The van der Waals surface area contributed by atoms with Crippen LogP contribution < -0.4 is 5.32 Å². The number of carbonyl (C=O) groups is 1. The van der Waals surface area contributed by atoms with Crippen molar-refractivity contribution >= 4 is 23.2 Å². The largest absolute Gasteiger partial charge is 0.396 e. The van der Waals surface area contributed by atoms with Gasteiger partial charge in [-0.3, -0.25) is 14.9 Å². The zero-order chi connectivity index (χ0) is 14.4. The lowest BCUT2D eigenvalue weighted by atomic mass is 10.1. The Labute approximate surface area is 115 Å². The van der Waals surface area contributed by atoms with E-state index in [9.17, 15) is 14.9 Å². The number of amides is 1. The molecular weight excluding hydrogens is 272 g/mol. The highest BCUT2D eigenvalue weighted by molar-refractivity contribution is 6.31. The molecular formula is C12H15ClN2O4. The highest BCUT2D eigenvalue weighted by Gasteiger charge is 2.20. The summed E-state index contributed by atoms with van der Waals surface area (Å²) in [6.45, 7) is 2.25. The van der Waals surface area contributed by atoms with Crippen LogP contribution in [-0.4, -0.2) is 29.1 Å². The number of hydrogen-bond acceptors (Lipinski definition) is 4. The molecule has 0 heterocycles. The number of nitrogens with one attached hydrogen (secondary N) is 1. The molecule has 104 valence electrons. The van der Waals surface area contributed by atoms with Crippen LogP contribution in [0.4, 0.5) is 5.69 Å². The van der Waals surface area contributed by atoms with Gasteiger partial charge in [0.05, 0.1) is 4.92 Å². The van der Waals surface area contributed by atoms with Gasteiger partial charge in [0.1, 0.15) is 5.56 Å². The molecule has 0 saturated heterocycles. The van der Waals surface area contributed by atoms with E-state index in [-0.39, 0.29) is 28.8 Å². The SMILES string of the molecule is CC(CCO)CNC(=O)c1ccc(Cl)cc1[N+](=O)[O-]. The van der Waals surface area contributed by atoms with Gasteiger partial charge in [-0.1, -0.05) is 18.5 Å². The first-order chi connectivity index (χ1) is 8.95. The fourth-order valence-corrected chi connectivity index (χ4v) is 1.70. The van der Waals surface area contributed by atoms with Crippen molar-refractivity contribution in [2.75, 3.05) is 13.2 Å². The van der Waals surface area contributed by atoms with Gasteiger partial charge in [0, 0.05) is 24.2 Å². The predicted octanol–water partition coefficient (Wildman–Crippen LogP) is 2.00. The Bertz CT molecular complexity index is 479. The van der Waals surface area contributed by atoms with Crippen molar-refractivity contribution in [1.82, 2.24) is 5.32 Å². The topological polar surface area (TPSA) is 92.5 Å². The van der Waals surface area contributed by atoms with E-state index in [0.717, 1.165) is 6.07 Å². The standard InChI is InChI=1S/C12H15ClN2O4/c1-8(4-5-16)7-14-12(17)10-3-2-9(13)6-11(10)15(18)19/h2-3,6,8,16H,4-5,7H2,1H3,(H,14,17). The Morgan fingerprint density at radius 3 is 2.84 bits per heavy atom. The minimum absolute atomic E-state index is 0.0226. The third-order valence-electron chi connectivity index (χ3n) is 2.63. The van der Waals surface area contributed by atoms with Crippen molar-refractivity contribution in [3.63, 3.8) is 0 Å². The Morgan fingerprint density at radius 1 is 1.58 bits per heavy atom. The lowest BCUT2D eigenvalue weighted by Crippen LogP contribution is -2.29. The van der Waals surface area contributed by atoms with Crippen molar-refractivity contribution < 1.29 is 14.8 Å². The van der Waals surface area contributed by atoms with E-state index in [1.807, 2.05) is 6.92 Å². The first-order valence-electron chi connectivity index (χ1n) is 5.78. The van der Waals surface area contributed by atoms with Crippen molar-refractivity contribution in [1.29, 1.82) is 0 Å². The molecule has 0 aromatic heterocycles. The summed E-state index contributed by atoms with van der Waals surface area (Å²) in [7, 11) is 0. The van der Waals surface area contributed by atoms with Crippen LogP contribution in [0, 0.1) is 16.0 Å². The molecule has 0 fully saturated rings. The Morgan fingerprint density at radius 2 is 2.26 bits per heavy atom. The normalized spacial score (nSPS) is 11.9. The summed E-state index contributed by atoms with van der Waals surface area (Å²) < 4.78 is 0. The van der Waals surface area contributed by atoms with Gasteiger partial charge >= 0.3 is 0 Å². The highest BCUT2D eigenvalue weighted by Crippen LogP contribution is 2.23. The first kappa shape index (κ1) is 15.4. The molecule has 0 bridgehead atoms. The molecule has 7 heteroatoms. The molecule has 2 N–H and O–H groups in total. The maximum absolute atomic E-state index is 11.9. The molecule has 0 aliphatic heterocycles. The summed E-state index contributed by atoms with van der Waals surface area (Å²) in [6, 6.07) is 3.90. The van der Waals surface area contributed by atoms with Crippen LogP contribution in [0.5, 0.6) is 0 Å². The highest BCUT2D eigenvalue weighted by atomic mass is 35.5. The smallest absolute Gasteiger partial charge is 0.283 e. The second-order valence-corrected chi connectivity index (χ2v) is 4.68. The number of aliphatic hydroxyl groups excluding tert-OH is 1. The molecule has 1 aromatic carbocycles. The molecule has 19 heavy (non-hydrogen) atoms. The van der Waals surface area contributed by atoms with Crippen LogP contribution in [0.15, 0.2) is 18.2 Å². The summed E-state index contributed by atoms with van der Waals surface area (Å²) in [5.74, 6) is -0.423. The van der Waals surface area contributed by atoms with Gasteiger partial charge in [-0.05, 0) is 24.5 Å². The van der Waals surface area contributed by atoms with E-state index in [2.05, 4.69) is 5.32 Å². The molecule has 0 spiro atoms. The third kappa shape index (κ3) is 4.50. The Kier molecular flexibility index (Phi) is 5.72. The van der Waals surface area contributed by atoms with Gasteiger partial charge in [0.25, 0.3) is 11.6 Å². The molecule has 0 saturated carbocycles. The molecule has 0 aliphatic carbocycles. The minimum atomic E-state index is -0.641. The molecule has 1 rings (SSSR count). The van der Waals surface area contributed by atoms with Crippen molar-refractivity contribution in [3.8, 4) is 0 Å². The number of halogens is 1. The van der Waals surface area contributed by atoms with Crippen LogP contribution in [-0.2, 0) is 0 Å². The summed E-state index contributed by atoms with van der Waals surface area (Å²) in [6.07, 6.45) is 0.559. The molecule has 1 atom stereocenters. The molecule has 1 amide bonds. The monoisotopic (exact) mass is 286 g/mol. The number of rotatable bonds is 6. The van der Waals surface area contributed by atoms with Crippen LogP contribution >= 0.6 is 11.6 Å². The van der Waals surface area contributed by atoms with E-state index >= 15 is 0 Å². The lowest BCUT2D eigenvalue weighted by molar-refractivity contribution is -0.385. The van der Waals surface area contributed by atoms with Gasteiger partial charge in [-0.2, -0.15) is 0 Å². The van der Waals surface area contributed by atoms with E-state index in [0.29, 0.717) is 13.0 Å². The predicted molar refractivity (Wildman–Crippen MR) is 71.3 cm³/mol.